The number of nitrogens with zero attached hydrogens (tertiary/aromatic N) is 1. The molecule has 4 rings (SSSR count). The van der Waals surface area contributed by atoms with Gasteiger partial charge >= 0.3 is 0 Å². The molecular formula is C22H16BrIN2O2S. The minimum Gasteiger partial charge on any atom is -0.496 e. The lowest BCUT2D eigenvalue weighted by Crippen LogP contribution is -2.14. The number of para-hydroxylation sites is 1. The van der Waals surface area contributed by atoms with Crippen molar-refractivity contribution in [2.24, 2.45) is 0 Å². The summed E-state index contributed by atoms with van der Waals surface area (Å²) in [6, 6.07) is 17.6. The van der Waals surface area contributed by atoms with Crippen LogP contribution in [0.15, 0.2) is 59.1 Å². The van der Waals surface area contributed by atoms with E-state index in [1.807, 2.05) is 49.4 Å². The molecule has 0 saturated carbocycles. The molecule has 4 aromatic rings. The van der Waals surface area contributed by atoms with E-state index >= 15 is 0 Å². The molecule has 0 aliphatic carbocycles. The van der Waals surface area contributed by atoms with Gasteiger partial charge in [-0.1, -0.05) is 28.1 Å². The SMILES string of the molecule is COc1c(C)cc(Br)cc1C(=O)Nc1ccc(I)cc1-c1nc2ccccc2s1. The first-order valence-electron chi connectivity index (χ1n) is 8.77. The zero-order valence-corrected chi connectivity index (χ0v) is 20.2. The number of benzene rings is 3. The smallest absolute Gasteiger partial charge is 0.259 e. The first-order valence-corrected chi connectivity index (χ1v) is 11.5. The minimum absolute atomic E-state index is 0.227. The van der Waals surface area contributed by atoms with E-state index in [2.05, 4.69) is 49.9 Å². The number of carbonyl (C=O) groups excluding carboxylic acids is 1. The standard InChI is InChI=1S/C22H16BrIN2O2S/c1-12-9-13(23)10-16(20(12)28-2)21(27)25-17-8-7-14(24)11-15(17)22-26-18-5-3-4-6-19(18)29-22/h3-11H,1-2H3,(H,25,27). The van der Waals surface area contributed by atoms with E-state index in [1.54, 1.807) is 24.5 Å². The van der Waals surface area contributed by atoms with Gasteiger partial charge in [0.05, 0.1) is 28.6 Å². The van der Waals surface area contributed by atoms with E-state index in [9.17, 15) is 4.79 Å². The van der Waals surface area contributed by atoms with E-state index in [0.29, 0.717) is 17.0 Å². The average molecular weight is 579 g/mol. The normalized spacial score (nSPS) is 10.9. The van der Waals surface area contributed by atoms with Crippen molar-refractivity contribution in [1.29, 1.82) is 0 Å². The van der Waals surface area contributed by atoms with Gasteiger partial charge in [-0.2, -0.15) is 0 Å². The van der Waals surface area contributed by atoms with Gasteiger partial charge in [0.15, 0.2) is 0 Å². The quantitative estimate of drug-likeness (QED) is 0.268. The molecule has 0 bridgehead atoms. The van der Waals surface area contributed by atoms with Crippen molar-refractivity contribution < 1.29 is 9.53 Å². The van der Waals surface area contributed by atoms with Gasteiger partial charge in [-0.3, -0.25) is 4.79 Å². The lowest BCUT2D eigenvalue weighted by atomic mass is 10.1. The van der Waals surface area contributed by atoms with Crippen molar-refractivity contribution in [2.45, 2.75) is 6.92 Å². The highest BCUT2D eigenvalue weighted by atomic mass is 127. The van der Waals surface area contributed by atoms with Gasteiger partial charge in [0.2, 0.25) is 0 Å². The summed E-state index contributed by atoms with van der Waals surface area (Å²) in [6.07, 6.45) is 0. The van der Waals surface area contributed by atoms with E-state index < -0.39 is 0 Å². The molecule has 0 radical (unpaired) electrons. The summed E-state index contributed by atoms with van der Waals surface area (Å²) in [5.41, 5.74) is 3.94. The molecule has 1 aromatic heterocycles. The number of carbonyl (C=O) groups is 1. The molecule has 0 atom stereocenters. The van der Waals surface area contributed by atoms with E-state index in [-0.39, 0.29) is 5.91 Å². The summed E-state index contributed by atoms with van der Waals surface area (Å²) < 4.78 is 8.49. The van der Waals surface area contributed by atoms with Crippen LogP contribution < -0.4 is 10.1 Å². The van der Waals surface area contributed by atoms with Crippen molar-refractivity contribution in [2.75, 3.05) is 12.4 Å². The number of amides is 1. The summed E-state index contributed by atoms with van der Waals surface area (Å²) in [5, 5.41) is 3.92. The number of aromatic nitrogens is 1. The van der Waals surface area contributed by atoms with Crippen molar-refractivity contribution in [1.82, 2.24) is 4.98 Å². The third-order valence-electron chi connectivity index (χ3n) is 4.44. The maximum Gasteiger partial charge on any atom is 0.259 e. The van der Waals surface area contributed by atoms with E-state index in [0.717, 1.165) is 34.4 Å². The summed E-state index contributed by atoms with van der Waals surface area (Å²) in [6.45, 7) is 1.91. The first kappa shape index (κ1) is 20.3. The molecule has 0 spiro atoms. The van der Waals surface area contributed by atoms with Crippen LogP contribution in [0.1, 0.15) is 15.9 Å². The van der Waals surface area contributed by atoms with Crippen LogP contribution in [0.3, 0.4) is 0 Å². The Balaban J connectivity index is 1.76. The Bertz CT molecular complexity index is 1210. The van der Waals surface area contributed by atoms with Crippen molar-refractivity contribution in [3.05, 3.63) is 73.8 Å². The molecule has 0 aliphatic heterocycles. The summed E-state index contributed by atoms with van der Waals surface area (Å²) in [5.74, 6) is 0.340. The molecule has 0 aliphatic rings. The zero-order chi connectivity index (χ0) is 20.5. The van der Waals surface area contributed by atoms with Gasteiger partial charge in [-0.05, 0) is 77.5 Å². The fourth-order valence-electron chi connectivity index (χ4n) is 3.15. The van der Waals surface area contributed by atoms with Gasteiger partial charge in [-0.25, -0.2) is 4.98 Å². The molecule has 7 heteroatoms. The Labute approximate surface area is 194 Å². The predicted molar refractivity (Wildman–Crippen MR) is 131 cm³/mol. The van der Waals surface area contributed by atoms with Crippen LogP contribution in [0.25, 0.3) is 20.8 Å². The highest BCUT2D eigenvalue weighted by molar-refractivity contribution is 14.1. The second-order valence-electron chi connectivity index (χ2n) is 6.43. The molecule has 1 heterocycles. The van der Waals surface area contributed by atoms with Crippen LogP contribution >= 0.6 is 49.9 Å². The highest BCUT2D eigenvalue weighted by Gasteiger charge is 2.18. The fourth-order valence-corrected chi connectivity index (χ4v) is 5.21. The van der Waals surface area contributed by atoms with Crippen LogP contribution in [0.2, 0.25) is 0 Å². The number of anilines is 1. The van der Waals surface area contributed by atoms with Gasteiger partial charge < -0.3 is 10.1 Å². The van der Waals surface area contributed by atoms with Gasteiger partial charge in [0.1, 0.15) is 10.8 Å². The fraction of sp³-hybridized carbons (Fsp3) is 0.0909. The van der Waals surface area contributed by atoms with Gasteiger partial charge in [0, 0.05) is 13.6 Å². The Morgan fingerprint density at radius 1 is 1.17 bits per heavy atom. The molecular weight excluding hydrogens is 563 g/mol. The molecule has 1 amide bonds. The molecule has 0 fully saturated rings. The summed E-state index contributed by atoms with van der Waals surface area (Å²) in [4.78, 5) is 17.9. The Kier molecular flexibility index (Phi) is 5.89. The maximum atomic E-state index is 13.1. The molecule has 3 aromatic carbocycles. The Morgan fingerprint density at radius 2 is 1.97 bits per heavy atom. The van der Waals surface area contributed by atoms with E-state index in [1.165, 1.54) is 0 Å². The first-order chi connectivity index (χ1) is 14.0. The van der Waals surface area contributed by atoms with Crippen LogP contribution in [-0.4, -0.2) is 18.0 Å². The second kappa shape index (κ2) is 8.41. The number of halogens is 2. The third kappa shape index (κ3) is 4.17. The number of rotatable bonds is 4. The molecule has 1 N–H and O–H groups in total. The van der Waals surface area contributed by atoms with Crippen molar-refractivity contribution in [3.63, 3.8) is 0 Å². The molecule has 146 valence electrons. The number of hydrogen-bond donors (Lipinski definition) is 1. The van der Waals surface area contributed by atoms with Crippen molar-refractivity contribution in [3.8, 4) is 16.3 Å². The number of ether oxygens (including phenoxy) is 1. The third-order valence-corrected chi connectivity index (χ3v) is 6.64. The van der Waals surface area contributed by atoms with Gasteiger partial charge in [0.25, 0.3) is 5.91 Å². The topological polar surface area (TPSA) is 51.2 Å². The number of aryl methyl sites for hydroxylation is 1. The van der Waals surface area contributed by atoms with Crippen LogP contribution in [0, 0.1) is 10.5 Å². The average Bonchev–Trinajstić information content (AvgIpc) is 3.12. The predicted octanol–water partition coefficient (Wildman–Crippen LogP) is 6.90. The molecule has 0 saturated heterocycles. The summed E-state index contributed by atoms with van der Waals surface area (Å²) >= 11 is 7.35. The maximum absolute atomic E-state index is 13.1. The number of fused-ring (bicyclic) bond motifs is 1. The van der Waals surface area contributed by atoms with Crippen LogP contribution in [0.4, 0.5) is 5.69 Å². The minimum atomic E-state index is -0.227. The largest absolute Gasteiger partial charge is 0.496 e. The second-order valence-corrected chi connectivity index (χ2v) is 9.63. The highest BCUT2D eigenvalue weighted by Crippen LogP contribution is 2.36. The zero-order valence-electron chi connectivity index (χ0n) is 15.6. The Morgan fingerprint density at radius 3 is 2.72 bits per heavy atom. The molecule has 29 heavy (non-hydrogen) atoms. The number of hydrogen-bond acceptors (Lipinski definition) is 4. The number of nitrogens with one attached hydrogen (secondary N) is 1. The lowest BCUT2D eigenvalue weighted by molar-refractivity contribution is 0.102. The van der Waals surface area contributed by atoms with Crippen LogP contribution in [0.5, 0.6) is 5.75 Å². The van der Waals surface area contributed by atoms with Crippen molar-refractivity contribution >= 4 is 71.7 Å². The van der Waals surface area contributed by atoms with Crippen LogP contribution in [-0.2, 0) is 0 Å². The monoisotopic (exact) mass is 578 g/mol. The van der Waals surface area contributed by atoms with E-state index in [4.69, 9.17) is 9.72 Å². The van der Waals surface area contributed by atoms with Gasteiger partial charge in [-0.15, -0.1) is 11.3 Å². The lowest BCUT2D eigenvalue weighted by Gasteiger charge is -2.14. The Hall–Kier alpha value is -1.97. The molecule has 4 nitrogen and oxygen atoms in total. The number of thiazole rings is 1. The number of methoxy groups -OCH3 is 1. The summed E-state index contributed by atoms with van der Waals surface area (Å²) in [7, 11) is 1.57. The molecule has 0 unspecified atom stereocenters.